The Morgan fingerprint density at radius 2 is 1.63 bits per heavy atom. The molecule has 0 radical (unpaired) electrons. The number of carbonyl (C=O) groups excluding carboxylic acids is 2. The molecule has 0 spiro atoms. The summed E-state index contributed by atoms with van der Waals surface area (Å²) >= 11 is 12.3. The lowest BCUT2D eigenvalue weighted by atomic mass is 10.1. The van der Waals surface area contributed by atoms with Gasteiger partial charge in [0.2, 0.25) is 11.8 Å². The molecule has 1 N–H and O–H groups in total. The first-order valence-electron chi connectivity index (χ1n) is 13.1. The minimum absolute atomic E-state index is 0.00406. The Balaban J connectivity index is 2.11. The van der Waals surface area contributed by atoms with Gasteiger partial charge in [0, 0.05) is 12.6 Å². The van der Waals surface area contributed by atoms with Crippen molar-refractivity contribution in [3.05, 3.63) is 87.9 Å². The predicted molar refractivity (Wildman–Crippen MR) is 163 cm³/mol. The molecule has 220 valence electrons. The Kier molecular flexibility index (Phi) is 11.1. The molecule has 1 atom stereocenters. The van der Waals surface area contributed by atoms with E-state index in [-0.39, 0.29) is 34.8 Å². The van der Waals surface area contributed by atoms with Gasteiger partial charge in [-0.3, -0.25) is 13.9 Å². The molecule has 11 heteroatoms. The summed E-state index contributed by atoms with van der Waals surface area (Å²) in [5, 5.41) is 3.52. The van der Waals surface area contributed by atoms with Crippen molar-refractivity contribution in [1.82, 2.24) is 10.2 Å². The zero-order chi connectivity index (χ0) is 30.3. The number of ether oxygens (including phenoxy) is 1. The number of rotatable bonds is 12. The number of aryl methyl sites for hydroxylation is 1. The number of nitrogens with one attached hydrogen (secondary N) is 1. The van der Waals surface area contributed by atoms with Crippen molar-refractivity contribution in [2.24, 2.45) is 0 Å². The van der Waals surface area contributed by atoms with Crippen molar-refractivity contribution < 1.29 is 22.7 Å². The third-order valence-corrected chi connectivity index (χ3v) is 8.91. The first kappa shape index (κ1) is 32.2. The van der Waals surface area contributed by atoms with Crippen molar-refractivity contribution in [2.75, 3.05) is 18.0 Å². The fourth-order valence-corrected chi connectivity index (χ4v) is 6.07. The Bertz CT molecular complexity index is 1480. The zero-order valence-electron chi connectivity index (χ0n) is 23.7. The molecule has 3 aromatic carbocycles. The SMILES string of the molecule is CCC(C(=O)NC(C)C)N(Cc1ccc(Cl)c(Cl)c1)C(=O)CN(c1ccccc1OC)S(=O)(=O)c1ccc(C)cc1. The minimum Gasteiger partial charge on any atom is -0.495 e. The van der Waals surface area contributed by atoms with Gasteiger partial charge >= 0.3 is 0 Å². The summed E-state index contributed by atoms with van der Waals surface area (Å²) in [6, 6.07) is 16.8. The highest BCUT2D eigenvalue weighted by Crippen LogP contribution is 2.33. The minimum atomic E-state index is -4.22. The smallest absolute Gasteiger partial charge is 0.264 e. The molecule has 0 saturated carbocycles. The summed E-state index contributed by atoms with van der Waals surface area (Å²) in [6.07, 6.45) is 0.297. The predicted octanol–water partition coefficient (Wildman–Crippen LogP) is 5.84. The van der Waals surface area contributed by atoms with Crippen LogP contribution in [0, 0.1) is 6.92 Å². The second kappa shape index (κ2) is 14.1. The Morgan fingerprint density at radius 1 is 0.976 bits per heavy atom. The van der Waals surface area contributed by atoms with Crippen LogP contribution in [0.1, 0.15) is 38.3 Å². The molecule has 0 bridgehead atoms. The molecule has 0 aromatic heterocycles. The van der Waals surface area contributed by atoms with Crippen LogP contribution in [0.4, 0.5) is 5.69 Å². The van der Waals surface area contributed by atoms with Crippen LogP contribution in [0.3, 0.4) is 0 Å². The van der Waals surface area contributed by atoms with E-state index >= 15 is 0 Å². The summed E-state index contributed by atoms with van der Waals surface area (Å²) in [5.41, 5.74) is 1.71. The Morgan fingerprint density at radius 3 is 2.22 bits per heavy atom. The van der Waals surface area contributed by atoms with Crippen molar-refractivity contribution in [1.29, 1.82) is 0 Å². The molecular weight excluding hydrogens is 585 g/mol. The highest BCUT2D eigenvalue weighted by Gasteiger charge is 2.34. The van der Waals surface area contributed by atoms with Crippen LogP contribution in [0.25, 0.3) is 0 Å². The van der Waals surface area contributed by atoms with E-state index in [1.165, 1.54) is 24.1 Å². The highest BCUT2D eigenvalue weighted by atomic mass is 35.5. The van der Waals surface area contributed by atoms with Crippen LogP contribution in [0.5, 0.6) is 5.75 Å². The number of halogens is 2. The van der Waals surface area contributed by atoms with Gasteiger partial charge in [0.05, 0.1) is 27.7 Å². The fraction of sp³-hybridized carbons (Fsp3) is 0.333. The standard InChI is InChI=1S/C30H35Cl2N3O5S/c1-6-26(30(37)33-20(2)3)34(18-22-13-16-24(31)25(32)17-22)29(36)19-35(27-9-7-8-10-28(27)40-5)41(38,39)23-14-11-21(4)12-15-23/h7-17,20,26H,6,18-19H2,1-5H3,(H,33,37). The summed E-state index contributed by atoms with van der Waals surface area (Å²) < 4.78 is 34.5. The number of benzene rings is 3. The lowest BCUT2D eigenvalue weighted by molar-refractivity contribution is -0.140. The molecule has 0 fully saturated rings. The molecule has 3 aromatic rings. The third kappa shape index (κ3) is 7.93. The second-order valence-corrected chi connectivity index (χ2v) is 12.5. The zero-order valence-corrected chi connectivity index (χ0v) is 26.1. The van der Waals surface area contributed by atoms with E-state index in [0.29, 0.717) is 22.0 Å². The fourth-order valence-electron chi connectivity index (χ4n) is 4.32. The van der Waals surface area contributed by atoms with E-state index in [1.54, 1.807) is 61.5 Å². The van der Waals surface area contributed by atoms with Crippen LogP contribution in [0.2, 0.25) is 10.0 Å². The normalized spacial score (nSPS) is 12.1. The maximum absolute atomic E-state index is 14.1. The van der Waals surface area contributed by atoms with E-state index in [4.69, 9.17) is 27.9 Å². The van der Waals surface area contributed by atoms with Gasteiger partial charge in [-0.2, -0.15) is 0 Å². The van der Waals surface area contributed by atoms with E-state index in [9.17, 15) is 18.0 Å². The van der Waals surface area contributed by atoms with E-state index in [2.05, 4.69) is 5.32 Å². The molecule has 0 aliphatic heterocycles. The first-order valence-corrected chi connectivity index (χ1v) is 15.3. The number of hydrogen-bond acceptors (Lipinski definition) is 5. The lowest BCUT2D eigenvalue weighted by Gasteiger charge is -2.34. The molecule has 41 heavy (non-hydrogen) atoms. The molecule has 0 saturated heterocycles. The van der Waals surface area contributed by atoms with Crippen molar-refractivity contribution >= 4 is 50.7 Å². The molecule has 0 heterocycles. The van der Waals surface area contributed by atoms with E-state index < -0.39 is 28.5 Å². The number of hydrogen-bond donors (Lipinski definition) is 1. The number of anilines is 1. The first-order chi connectivity index (χ1) is 19.4. The van der Waals surface area contributed by atoms with Crippen LogP contribution in [-0.4, -0.2) is 50.9 Å². The quantitative estimate of drug-likeness (QED) is 0.275. The topological polar surface area (TPSA) is 96.0 Å². The van der Waals surface area contributed by atoms with Crippen molar-refractivity contribution in [3.8, 4) is 5.75 Å². The number of carbonyl (C=O) groups is 2. The van der Waals surface area contributed by atoms with Crippen molar-refractivity contribution in [3.63, 3.8) is 0 Å². The van der Waals surface area contributed by atoms with Gasteiger partial charge in [0.25, 0.3) is 10.0 Å². The van der Waals surface area contributed by atoms with E-state index in [0.717, 1.165) is 9.87 Å². The third-order valence-electron chi connectivity index (χ3n) is 6.40. The van der Waals surface area contributed by atoms with Crippen LogP contribution < -0.4 is 14.4 Å². The summed E-state index contributed by atoms with van der Waals surface area (Å²) in [5.74, 6) is -0.652. The maximum Gasteiger partial charge on any atom is 0.264 e. The molecule has 2 amide bonds. The number of nitrogens with zero attached hydrogens (tertiary/aromatic N) is 2. The molecule has 8 nitrogen and oxygen atoms in total. The number of methoxy groups -OCH3 is 1. The average molecular weight is 621 g/mol. The average Bonchev–Trinajstić information content (AvgIpc) is 2.93. The largest absolute Gasteiger partial charge is 0.495 e. The Hall–Kier alpha value is -3.27. The summed E-state index contributed by atoms with van der Waals surface area (Å²) in [4.78, 5) is 28.8. The number of para-hydroxylation sites is 2. The van der Waals surface area contributed by atoms with Gasteiger partial charge in [-0.15, -0.1) is 0 Å². The van der Waals surface area contributed by atoms with Crippen LogP contribution >= 0.6 is 23.2 Å². The van der Waals surface area contributed by atoms with Gasteiger partial charge < -0.3 is 15.0 Å². The number of sulfonamides is 1. The maximum atomic E-state index is 14.1. The Labute approximate surface area is 252 Å². The number of amides is 2. The lowest BCUT2D eigenvalue weighted by Crippen LogP contribution is -2.53. The molecular formula is C30H35Cl2N3O5S. The van der Waals surface area contributed by atoms with Gasteiger partial charge in [0.15, 0.2) is 0 Å². The van der Waals surface area contributed by atoms with Crippen molar-refractivity contribution in [2.45, 2.75) is 57.6 Å². The highest BCUT2D eigenvalue weighted by molar-refractivity contribution is 7.92. The molecule has 1 unspecified atom stereocenters. The van der Waals surface area contributed by atoms with Crippen LogP contribution in [-0.2, 0) is 26.2 Å². The molecule has 3 rings (SSSR count). The van der Waals surface area contributed by atoms with E-state index in [1.807, 2.05) is 20.8 Å². The molecule has 0 aliphatic carbocycles. The van der Waals surface area contributed by atoms with Crippen LogP contribution in [0.15, 0.2) is 71.6 Å². The summed E-state index contributed by atoms with van der Waals surface area (Å²) in [7, 11) is -2.79. The van der Waals surface area contributed by atoms with Gasteiger partial charge in [-0.1, -0.05) is 66.0 Å². The van der Waals surface area contributed by atoms with Gasteiger partial charge in [-0.05, 0) is 69.2 Å². The summed E-state index contributed by atoms with van der Waals surface area (Å²) in [6.45, 7) is 6.72. The second-order valence-electron chi connectivity index (χ2n) is 9.85. The molecule has 0 aliphatic rings. The van der Waals surface area contributed by atoms with Gasteiger partial charge in [0.1, 0.15) is 18.3 Å². The monoisotopic (exact) mass is 619 g/mol. The van der Waals surface area contributed by atoms with Gasteiger partial charge in [-0.25, -0.2) is 8.42 Å².